The molecule has 14 heavy (non-hydrogen) atoms. The summed E-state index contributed by atoms with van der Waals surface area (Å²) in [6.45, 7) is 1.35. The molecule has 0 bridgehead atoms. The highest BCUT2D eigenvalue weighted by atomic mass is 32.1. The third-order valence-corrected chi connectivity index (χ3v) is 1.96. The molecule has 0 aromatic heterocycles. The molecular weight excluding hydrogens is 196 g/mol. The van der Waals surface area contributed by atoms with E-state index < -0.39 is 5.12 Å². The predicted molar refractivity (Wildman–Crippen MR) is 59.1 cm³/mol. The van der Waals surface area contributed by atoms with E-state index in [1.54, 1.807) is 0 Å². The van der Waals surface area contributed by atoms with Crippen molar-refractivity contribution in [2.75, 3.05) is 0 Å². The number of hydrogen-bond donors (Lipinski definition) is 1. The number of hydrogen-bond acceptors (Lipinski definition) is 2. The van der Waals surface area contributed by atoms with Crippen molar-refractivity contribution in [3.8, 4) is 0 Å². The van der Waals surface area contributed by atoms with E-state index >= 15 is 0 Å². The maximum absolute atomic E-state index is 11.1. The number of thiol groups is 1. The van der Waals surface area contributed by atoms with Crippen LogP contribution in [0.3, 0.4) is 0 Å². The highest BCUT2D eigenvalue weighted by Gasteiger charge is 2.09. The Labute approximate surface area is 88.0 Å². The van der Waals surface area contributed by atoms with Crippen molar-refractivity contribution in [3.63, 3.8) is 0 Å². The average Bonchev–Trinajstić information content (AvgIpc) is 2.15. The topological polar surface area (TPSA) is 34.1 Å². The molecule has 1 rings (SSSR count). The van der Waals surface area contributed by atoms with Gasteiger partial charge in [0.25, 0.3) is 0 Å². The van der Waals surface area contributed by atoms with Crippen LogP contribution in [0.4, 0.5) is 0 Å². The fraction of sp³-hybridized carbons (Fsp3) is 0.0909. The Kier molecular flexibility index (Phi) is 3.65. The Hall–Kier alpha value is -1.35. The smallest absolute Gasteiger partial charge is 0.219 e. The Bertz CT molecular complexity index is 364. The van der Waals surface area contributed by atoms with Crippen molar-refractivity contribution in [2.24, 2.45) is 0 Å². The second-order valence-corrected chi connectivity index (χ2v) is 3.24. The zero-order chi connectivity index (χ0) is 10.6. The summed E-state index contributed by atoms with van der Waals surface area (Å²) in [5.41, 5.74) is 0.930. The van der Waals surface area contributed by atoms with E-state index in [2.05, 4.69) is 12.6 Å². The van der Waals surface area contributed by atoms with Gasteiger partial charge in [-0.15, -0.1) is 12.6 Å². The number of benzene rings is 1. The maximum atomic E-state index is 11.1. The molecule has 0 heterocycles. The number of Topliss-reactive ketones (excluding diaryl/α,β-unsaturated/α-hetero) is 1. The molecule has 0 fully saturated rings. The lowest BCUT2D eigenvalue weighted by Gasteiger charge is -1.97. The van der Waals surface area contributed by atoms with Gasteiger partial charge in [-0.2, -0.15) is 0 Å². The fourth-order valence-corrected chi connectivity index (χ4v) is 1.25. The van der Waals surface area contributed by atoms with E-state index in [9.17, 15) is 9.59 Å². The van der Waals surface area contributed by atoms with Crippen molar-refractivity contribution >= 4 is 29.6 Å². The van der Waals surface area contributed by atoms with Crippen molar-refractivity contribution in [1.29, 1.82) is 0 Å². The van der Waals surface area contributed by atoms with Gasteiger partial charge in [-0.25, -0.2) is 0 Å². The average molecular weight is 206 g/mol. The molecule has 0 saturated carbocycles. The molecule has 0 saturated heterocycles. The van der Waals surface area contributed by atoms with E-state index in [-0.39, 0.29) is 11.4 Å². The van der Waals surface area contributed by atoms with Gasteiger partial charge in [0, 0.05) is 0 Å². The second-order valence-electron chi connectivity index (χ2n) is 2.83. The molecule has 0 aliphatic carbocycles. The van der Waals surface area contributed by atoms with Crippen molar-refractivity contribution in [3.05, 3.63) is 41.5 Å². The van der Waals surface area contributed by atoms with Crippen molar-refractivity contribution in [1.82, 2.24) is 0 Å². The molecule has 0 atom stereocenters. The minimum Gasteiger partial charge on any atom is -0.294 e. The highest BCUT2D eigenvalue weighted by molar-refractivity contribution is 7.97. The van der Waals surface area contributed by atoms with Gasteiger partial charge in [-0.3, -0.25) is 9.59 Å². The van der Waals surface area contributed by atoms with Crippen LogP contribution in [0, 0.1) is 0 Å². The lowest BCUT2D eigenvalue weighted by Crippen LogP contribution is -2.03. The number of ketones is 1. The van der Waals surface area contributed by atoms with Crippen molar-refractivity contribution in [2.45, 2.75) is 6.92 Å². The SMILES string of the molecule is CC(=O)/C(=C\c1ccccc1)C(=O)S. The van der Waals surface area contributed by atoms with Gasteiger partial charge >= 0.3 is 0 Å². The molecule has 0 radical (unpaired) electrons. The van der Waals surface area contributed by atoms with E-state index in [4.69, 9.17) is 0 Å². The lowest BCUT2D eigenvalue weighted by atomic mass is 10.1. The first-order valence-electron chi connectivity index (χ1n) is 4.12. The molecule has 2 nitrogen and oxygen atoms in total. The Morgan fingerprint density at radius 2 is 1.79 bits per heavy atom. The zero-order valence-corrected chi connectivity index (χ0v) is 8.62. The van der Waals surface area contributed by atoms with Gasteiger partial charge in [0.2, 0.25) is 5.12 Å². The Morgan fingerprint density at radius 1 is 1.21 bits per heavy atom. The summed E-state index contributed by atoms with van der Waals surface area (Å²) in [7, 11) is 0. The second kappa shape index (κ2) is 4.77. The maximum Gasteiger partial charge on any atom is 0.219 e. The van der Waals surface area contributed by atoms with Gasteiger partial charge < -0.3 is 0 Å². The van der Waals surface area contributed by atoms with Crippen LogP contribution in [0.2, 0.25) is 0 Å². The van der Waals surface area contributed by atoms with Gasteiger partial charge in [-0.05, 0) is 18.6 Å². The summed E-state index contributed by atoms with van der Waals surface area (Å²) < 4.78 is 0. The molecule has 1 aromatic carbocycles. The van der Waals surface area contributed by atoms with Crippen LogP contribution < -0.4 is 0 Å². The summed E-state index contributed by atoms with van der Waals surface area (Å²) in [4.78, 5) is 22.0. The van der Waals surface area contributed by atoms with Crippen LogP contribution in [0.1, 0.15) is 12.5 Å². The summed E-state index contributed by atoms with van der Waals surface area (Å²) in [5, 5.41) is -0.499. The summed E-state index contributed by atoms with van der Waals surface area (Å²) >= 11 is 3.63. The first kappa shape index (κ1) is 10.7. The molecule has 0 spiro atoms. The van der Waals surface area contributed by atoms with E-state index in [0.29, 0.717) is 0 Å². The van der Waals surface area contributed by atoms with E-state index in [1.807, 2.05) is 30.3 Å². The standard InChI is InChI=1S/C11H10O2S/c1-8(12)10(11(13)14)7-9-5-3-2-4-6-9/h2-7H,1H3,(H,13,14)/b10-7+. The first-order chi connectivity index (χ1) is 6.61. The number of carbonyl (C=O) groups is 2. The van der Waals surface area contributed by atoms with Crippen molar-refractivity contribution < 1.29 is 9.59 Å². The monoisotopic (exact) mass is 206 g/mol. The first-order valence-corrected chi connectivity index (χ1v) is 4.57. The van der Waals surface area contributed by atoms with Crippen LogP contribution in [0.5, 0.6) is 0 Å². The zero-order valence-electron chi connectivity index (χ0n) is 7.73. The van der Waals surface area contributed by atoms with Crippen LogP contribution in [-0.4, -0.2) is 10.9 Å². The van der Waals surface area contributed by atoms with Gasteiger partial charge in [0.1, 0.15) is 0 Å². The fourth-order valence-electron chi connectivity index (χ4n) is 1.03. The van der Waals surface area contributed by atoms with Crippen LogP contribution in [0.25, 0.3) is 6.08 Å². The minimum absolute atomic E-state index is 0.111. The summed E-state index contributed by atoms with van der Waals surface area (Å²) in [5.74, 6) is -0.270. The Balaban J connectivity index is 3.06. The molecule has 72 valence electrons. The molecule has 0 N–H and O–H groups in total. The largest absolute Gasteiger partial charge is 0.294 e. The highest BCUT2D eigenvalue weighted by Crippen LogP contribution is 2.09. The van der Waals surface area contributed by atoms with E-state index in [1.165, 1.54) is 13.0 Å². The van der Waals surface area contributed by atoms with Gasteiger partial charge in [0.15, 0.2) is 5.78 Å². The molecular formula is C11H10O2S. The molecule has 0 amide bonds. The number of carbonyl (C=O) groups excluding carboxylic acids is 2. The Morgan fingerprint density at radius 3 is 2.21 bits per heavy atom. The molecule has 1 aromatic rings. The summed E-state index contributed by atoms with van der Waals surface area (Å²) in [6, 6.07) is 9.19. The number of rotatable bonds is 3. The third-order valence-electron chi connectivity index (χ3n) is 1.72. The van der Waals surface area contributed by atoms with E-state index in [0.717, 1.165) is 5.56 Å². The summed E-state index contributed by atoms with van der Waals surface area (Å²) in [6.07, 6.45) is 1.54. The van der Waals surface area contributed by atoms with Crippen LogP contribution in [0.15, 0.2) is 35.9 Å². The van der Waals surface area contributed by atoms with Gasteiger partial charge in [0.05, 0.1) is 5.57 Å². The minimum atomic E-state index is -0.499. The lowest BCUT2D eigenvalue weighted by molar-refractivity contribution is -0.116. The third kappa shape index (κ3) is 2.85. The van der Waals surface area contributed by atoms with Gasteiger partial charge in [-0.1, -0.05) is 30.3 Å². The quantitative estimate of drug-likeness (QED) is 0.356. The molecule has 0 aliphatic rings. The van der Waals surface area contributed by atoms with Crippen LogP contribution in [-0.2, 0) is 9.59 Å². The normalized spacial score (nSPS) is 11.1. The van der Waals surface area contributed by atoms with Crippen LogP contribution >= 0.6 is 12.6 Å². The molecule has 0 aliphatic heterocycles. The molecule has 0 unspecified atom stereocenters. The predicted octanol–water partition coefficient (Wildman–Crippen LogP) is 2.12. The molecule has 3 heteroatoms.